The van der Waals surface area contributed by atoms with Crippen LogP contribution in [0.3, 0.4) is 0 Å². The summed E-state index contributed by atoms with van der Waals surface area (Å²) in [5.74, 6) is 0. The van der Waals surface area contributed by atoms with Gasteiger partial charge in [-0.25, -0.2) is 0 Å². The molecule has 19 heavy (non-hydrogen) atoms. The number of aromatic nitrogens is 3. The Hall–Kier alpha value is -1.76. The lowest BCUT2D eigenvalue weighted by Gasteiger charge is -2.12. The van der Waals surface area contributed by atoms with Gasteiger partial charge < -0.3 is 5.32 Å². The summed E-state index contributed by atoms with van der Waals surface area (Å²) in [5.41, 5.74) is 0.226. The van der Waals surface area contributed by atoms with Crippen LogP contribution in [0.5, 0.6) is 0 Å². The van der Waals surface area contributed by atoms with E-state index in [1.165, 1.54) is 23.0 Å². The van der Waals surface area contributed by atoms with Crippen molar-refractivity contribution in [3.63, 3.8) is 0 Å². The Labute approximate surface area is 112 Å². The van der Waals surface area contributed by atoms with Crippen LogP contribution in [0.25, 0.3) is 0 Å². The molecule has 1 aromatic carbocycles. The summed E-state index contributed by atoms with van der Waals surface area (Å²) < 4.78 is 39.5. The Morgan fingerprint density at radius 1 is 1.37 bits per heavy atom. The zero-order valence-corrected chi connectivity index (χ0v) is 10.6. The van der Waals surface area contributed by atoms with Crippen molar-refractivity contribution in [2.45, 2.75) is 12.7 Å². The zero-order valence-electron chi connectivity index (χ0n) is 9.87. The van der Waals surface area contributed by atoms with E-state index in [-0.39, 0.29) is 5.02 Å². The highest BCUT2D eigenvalue weighted by molar-refractivity contribution is 6.31. The Bertz CT molecular complexity index is 580. The van der Waals surface area contributed by atoms with E-state index in [1.807, 2.05) is 0 Å². The average Bonchev–Trinajstić information content (AvgIpc) is 2.72. The van der Waals surface area contributed by atoms with E-state index < -0.39 is 11.7 Å². The van der Waals surface area contributed by atoms with Crippen molar-refractivity contribution in [3.05, 3.63) is 40.7 Å². The molecule has 4 nitrogen and oxygen atoms in total. The fraction of sp³-hybridized carbons (Fsp3) is 0.273. The number of benzene rings is 1. The molecule has 0 spiro atoms. The molecule has 2 aromatic rings. The monoisotopic (exact) mass is 290 g/mol. The van der Waals surface area contributed by atoms with Crippen molar-refractivity contribution in [1.82, 2.24) is 15.0 Å². The van der Waals surface area contributed by atoms with Gasteiger partial charge in [-0.1, -0.05) is 16.8 Å². The summed E-state index contributed by atoms with van der Waals surface area (Å²) >= 11 is 5.53. The van der Waals surface area contributed by atoms with Crippen molar-refractivity contribution < 1.29 is 13.2 Å². The summed E-state index contributed by atoms with van der Waals surface area (Å²) in [6.07, 6.45) is -2.93. The number of halogens is 4. The van der Waals surface area contributed by atoms with Crippen molar-refractivity contribution in [2.24, 2.45) is 7.05 Å². The summed E-state index contributed by atoms with van der Waals surface area (Å²) in [6.45, 7) is 0.322. The molecule has 8 heteroatoms. The number of rotatable bonds is 3. The molecule has 2 rings (SSSR count). The highest BCUT2D eigenvalue weighted by Gasteiger charge is 2.33. The van der Waals surface area contributed by atoms with Crippen LogP contribution < -0.4 is 5.32 Å². The van der Waals surface area contributed by atoms with Gasteiger partial charge in [-0.3, -0.25) is 4.68 Å². The van der Waals surface area contributed by atoms with Gasteiger partial charge in [0.25, 0.3) is 0 Å². The lowest BCUT2D eigenvalue weighted by molar-refractivity contribution is -0.137. The summed E-state index contributed by atoms with van der Waals surface area (Å²) in [7, 11) is 1.70. The molecule has 0 unspecified atom stereocenters. The maximum absolute atomic E-state index is 12.7. The second kappa shape index (κ2) is 5.08. The van der Waals surface area contributed by atoms with Crippen molar-refractivity contribution in [3.8, 4) is 0 Å². The minimum absolute atomic E-state index is 0.319. The second-order valence-corrected chi connectivity index (χ2v) is 4.30. The summed E-state index contributed by atoms with van der Waals surface area (Å²) in [4.78, 5) is 0. The van der Waals surface area contributed by atoms with Crippen LogP contribution in [-0.4, -0.2) is 15.0 Å². The molecule has 0 saturated carbocycles. The molecule has 0 fully saturated rings. The third kappa shape index (κ3) is 3.17. The first-order chi connectivity index (χ1) is 8.88. The van der Waals surface area contributed by atoms with Gasteiger partial charge in [0.1, 0.15) is 0 Å². The topological polar surface area (TPSA) is 42.7 Å². The van der Waals surface area contributed by atoms with Crippen LogP contribution in [0.4, 0.5) is 18.9 Å². The fourth-order valence-corrected chi connectivity index (χ4v) is 1.74. The molecule has 0 aliphatic rings. The van der Waals surface area contributed by atoms with Crippen molar-refractivity contribution in [2.75, 3.05) is 5.32 Å². The quantitative estimate of drug-likeness (QED) is 0.944. The van der Waals surface area contributed by atoms with Gasteiger partial charge in [0.05, 0.1) is 29.0 Å². The molecule has 102 valence electrons. The Kier molecular flexibility index (Phi) is 3.66. The predicted molar refractivity (Wildman–Crippen MR) is 64.8 cm³/mol. The molecule has 0 bridgehead atoms. The van der Waals surface area contributed by atoms with Gasteiger partial charge in [0, 0.05) is 12.7 Å². The van der Waals surface area contributed by atoms with Crippen LogP contribution in [0, 0.1) is 0 Å². The first-order valence-electron chi connectivity index (χ1n) is 5.32. The zero-order chi connectivity index (χ0) is 14.0. The average molecular weight is 291 g/mol. The van der Waals surface area contributed by atoms with Crippen LogP contribution in [-0.2, 0) is 19.8 Å². The van der Waals surface area contributed by atoms with Crippen LogP contribution in [0.1, 0.15) is 11.3 Å². The summed E-state index contributed by atoms with van der Waals surface area (Å²) in [6, 6.07) is 3.68. The molecule has 1 aromatic heterocycles. The molecule has 0 radical (unpaired) electrons. The molecule has 1 heterocycles. The smallest absolute Gasteiger partial charge is 0.379 e. The molecule has 0 saturated heterocycles. The minimum Gasteiger partial charge on any atom is -0.379 e. The molecule has 1 N–H and O–H groups in total. The number of nitrogens with one attached hydrogen (secondary N) is 1. The van der Waals surface area contributed by atoms with Gasteiger partial charge >= 0.3 is 6.18 Å². The second-order valence-electron chi connectivity index (χ2n) is 3.89. The minimum atomic E-state index is -4.47. The molecule has 0 aliphatic carbocycles. The largest absolute Gasteiger partial charge is 0.417 e. The van der Waals surface area contributed by atoms with Gasteiger partial charge in [0.2, 0.25) is 0 Å². The lowest BCUT2D eigenvalue weighted by Crippen LogP contribution is -2.09. The summed E-state index contributed by atoms with van der Waals surface area (Å²) in [5, 5.41) is 9.95. The van der Waals surface area contributed by atoms with Crippen LogP contribution in [0.15, 0.2) is 24.4 Å². The SMILES string of the molecule is Cn1nncc1CNc1ccc(Cl)c(C(F)(F)F)c1. The van der Waals surface area contributed by atoms with E-state index in [4.69, 9.17) is 11.6 Å². The highest BCUT2D eigenvalue weighted by atomic mass is 35.5. The van der Waals surface area contributed by atoms with Crippen LogP contribution >= 0.6 is 11.6 Å². The van der Waals surface area contributed by atoms with E-state index in [0.29, 0.717) is 12.2 Å². The Morgan fingerprint density at radius 2 is 2.11 bits per heavy atom. The first kappa shape index (κ1) is 13.7. The number of alkyl halides is 3. The standard InChI is InChI=1S/C11H10ClF3N4/c1-19-8(6-17-18-19)5-16-7-2-3-10(12)9(4-7)11(13,14)15/h2-4,6,16H,5H2,1H3. The van der Waals surface area contributed by atoms with Gasteiger partial charge in [0.15, 0.2) is 0 Å². The fourth-order valence-electron chi connectivity index (χ4n) is 1.52. The maximum Gasteiger partial charge on any atom is 0.417 e. The third-order valence-electron chi connectivity index (χ3n) is 2.55. The van der Waals surface area contributed by atoms with E-state index >= 15 is 0 Å². The Balaban J connectivity index is 2.16. The van der Waals surface area contributed by atoms with E-state index in [1.54, 1.807) is 7.05 Å². The first-order valence-corrected chi connectivity index (χ1v) is 5.70. The van der Waals surface area contributed by atoms with Crippen LogP contribution in [0.2, 0.25) is 5.02 Å². The van der Waals surface area contributed by atoms with E-state index in [0.717, 1.165) is 11.8 Å². The Morgan fingerprint density at radius 3 is 2.68 bits per heavy atom. The third-order valence-corrected chi connectivity index (χ3v) is 2.88. The van der Waals surface area contributed by atoms with Gasteiger partial charge in [-0.05, 0) is 18.2 Å². The predicted octanol–water partition coefficient (Wildman–Crippen LogP) is 3.10. The van der Waals surface area contributed by atoms with Crippen molar-refractivity contribution >= 4 is 17.3 Å². The molecular formula is C11H10ClF3N4. The van der Waals surface area contributed by atoms with E-state index in [9.17, 15) is 13.2 Å². The number of aryl methyl sites for hydroxylation is 1. The molecule has 0 atom stereocenters. The number of anilines is 1. The normalized spacial score (nSPS) is 11.6. The van der Waals surface area contributed by atoms with Gasteiger partial charge in [-0.15, -0.1) is 5.10 Å². The molecule has 0 amide bonds. The lowest BCUT2D eigenvalue weighted by atomic mass is 10.2. The number of hydrogen-bond donors (Lipinski definition) is 1. The maximum atomic E-state index is 12.7. The molecular weight excluding hydrogens is 281 g/mol. The van der Waals surface area contributed by atoms with Gasteiger partial charge in [-0.2, -0.15) is 13.2 Å². The number of hydrogen-bond acceptors (Lipinski definition) is 3. The van der Waals surface area contributed by atoms with Crippen molar-refractivity contribution in [1.29, 1.82) is 0 Å². The number of nitrogens with zero attached hydrogens (tertiary/aromatic N) is 3. The molecule has 0 aliphatic heterocycles. The van der Waals surface area contributed by atoms with E-state index in [2.05, 4.69) is 15.6 Å². The highest BCUT2D eigenvalue weighted by Crippen LogP contribution is 2.36.